The minimum Gasteiger partial charge on any atom is -0.462 e. The fourth-order valence-corrected chi connectivity index (χ4v) is 6.85. The second kappa shape index (κ2) is 12.9. The van der Waals surface area contributed by atoms with E-state index in [1.54, 1.807) is 4.90 Å². The molecule has 1 amide bonds. The first-order valence-corrected chi connectivity index (χ1v) is 16.2. The normalized spacial score (nSPS) is 20.7. The van der Waals surface area contributed by atoms with Crippen molar-refractivity contribution in [3.63, 3.8) is 0 Å². The summed E-state index contributed by atoms with van der Waals surface area (Å²) >= 11 is 6.42. The minimum atomic E-state index is -0.613. The molecule has 3 aliphatic rings. The van der Waals surface area contributed by atoms with Gasteiger partial charge in [-0.05, 0) is 77.2 Å². The van der Waals surface area contributed by atoms with E-state index >= 15 is 0 Å². The summed E-state index contributed by atoms with van der Waals surface area (Å²) in [5.74, 6) is 0.835. The van der Waals surface area contributed by atoms with Gasteiger partial charge in [-0.3, -0.25) is 0 Å². The summed E-state index contributed by atoms with van der Waals surface area (Å²) in [5.41, 5.74) is 2.54. The number of benzene rings is 2. The van der Waals surface area contributed by atoms with Gasteiger partial charge in [-0.2, -0.15) is 15.2 Å². The van der Waals surface area contributed by atoms with E-state index in [1.165, 1.54) is 0 Å². The van der Waals surface area contributed by atoms with E-state index in [0.29, 0.717) is 49.9 Å². The van der Waals surface area contributed by atoms with Gasteiger partial charge in [-0.15, -0.1) is 0 Å². The molecule has 45 heavy (non-hydrogen) atoms. The Morgan fingerprint density at radius 3 is 2.69 bits per heavy atom. The predicted octanol–water partition coefficient (Wildman–Crippen LogP) is 5.66. The van der Waals surface area contributed by atoms with E-state index in [2.05, 4.69) is 52.1 Å². The average Bonchev–Trinajstić information content (AvgIpc) is 3.42. The first-order chi connectivity index (χ1) is 21.6. The molecule has 1 unspecified atom stereocenters. The molecule has 4 heterocycles. The lowest BCUT2D eigenvalue weighted by Gasteiger charge is -2.42. The fraction of sp³-hybridized carbons (Fsp3) is 0.529. The number of nitrogens with zero attached hydrogens (tertiary/aromatic N) is 7. The van der Waals surface area contributed by atoms with Crippen LogP contribution in [0.15, 0.2) is 36.4 Å². The monoisotopic (exact) mass is 631 g/mol. The van der Waals surface area contributed by atoms with Crippen molar-refractivity contribution in [1.29, 1.82) is 5.26 Å². The first kappa shape index (κ1) is 31.2. The van der Waals surface area contributed by atoms with Gasteiger partial charge in [0.25, 0.3) is 0 Å². The first-order valence-electron chi connectivity index (χ1n) is 15.9. The average molecular weight is 632 g/mol. The molecular formula is C34H42ClN7O3. The number of ether oxygens (including phenoxy) is 2. The molecule has 11 heteroatoms. The van der Waals surface area contributed by atoms with Crippen molar-refractivity contribution >= 4 is 40.0 Å². The van der Waals surface area contributed by atoms with Crippen molar-refractivity contribution in [2.45, 2.75) is 70.7 Å². The van der Waals surface area contributed by atoms with Crippen LogP contribution >= 0.6 is 11.6 Å². The summed E-state index contributed by atoms with van der Waals surface area (Å²) in [6.45, 7) is 10.1. The van der Waals surface area contributed by atoms with Crippen LogP contribution in [-0.2, 0) is 17.7 Å². The number of anilines is 2. The highest BCUT2D eigenvalue weighted by molar-refractivity contribution is 6.31. The van der Waals surface area contributed by atoms with Crippen LogP contribution < -0.4 is 14.5 Å². The molecule has 10 nitrogen and oxygen atoms in total. The van der Waals surface area contributed by atoms with Gasteiger partial charge in [-0.25, -0.2) is 4.79 Å². The zero-order chi connectivity index (χ0) is 31.7. The van der Waals surface area contributed by atoms with Crippen molar-refractivity contribution in [2.24, 2.45) is 0 Å². The van der Waals surface area contributed by atoms with Crippen molar-refractivity contribution in [3.8, 4) is 12.1 Å². The van der Waals surface area contributed by atoms with Crippen LogP contribution in [0.3, 0.4) is 0 Å². The quantitative estimate of drug-likeness (QED) is 0.341. The number of hydrogen-bond donors (Lipinski definition) is 0. The van der Waals surface area contributed by atoms with Crippen LogP contribution in [0.5, 0.6) is 6.01 Å². The number of aromatic nitrogens is 2. The number of nitriles is 1. The Labute approximate surface area is 270 Å². The Balaban J connectivity index is 1.31. The zero-order valence-electron chi connectivity index (χ0n) is 26.6. The van der Waals surface area contributed by atoms with Gasteiger partial charge in [0, 0.05) is 53.9 Å². The Morgan fingerprint density at radius 2 is 1.93 bits per heavy atom. The highest BCUT2D eigenvalue weighted by Crippen LogP contribution is 2.36. The molecular weight excluding hydrogens is 590 g/mol. The van der Waals surface area contributed by atoms with Gasteiger partial charge < -0.3 is 29.1 Å². The third-order valence-corrected chi connectivity index (χ3v) is 9.23. The maximum atomic E-state index is 13.1. The van der Waals surface area contributed by atoms with E-state index in [1.807, 2.05) is 32.9 Å². The van der Waals surface area contributed by atoms with Crippen molar-refractivity contribution in [3.05, 3.63) is 52.7 Å². The molecule has 0 spiro atoms. The third kappa shape index (κ3) is 6.90. The van der Waals surface area contributed by atoms with Crippen molar-refractivity contribution in [2.75, 3.05) is 56.2 Å². The lowest BCUT2D eigenvalue weighted by molar-refractivity contribution is 0.0144. The zero-order valence-corrected chi connectivity index (χ0v) is 27.4. The lowest BCUT2D eigenvalue weighted by atomic mass is 10.0. The summed E-state index contributed by atoms with van der Waals surface area (Å²) < 4.78 is 12.0. The number of rotatable bonds is 6. The molecule has 3 aliphatic heterocycles. The van der Waals surface area contributed by atoms with Gasteiger partial charge in [0.2, 0.25) is 0 Å². The van der Waals surface area contributed by atoms with Crippen LogP contribution in [0.2, 0.25) is 5.02 Å². The SMILES string of the molecule is CN1CCC[C@H]1COc1nc2c(c(N3CCN(C(=O)OC(C)(C)C)C(CC#N)C3)n1)CCN(c1cccc3ccc(Cl)cc13)C2. The number of hydrogen-bond acceptors (Lipinski definition) is 9. The minimum absolute atomic E-state index is 0.206. The second-order valence-corrected chi connectivity index (χ2v) is 13.7. The smallest absolute Gasteiger partial charge is 0.410 e. The Bertz CT molecular complexity index is 1600. The maximum absolute atomic E-state index is 13.1. The summed E-state index contributed by atoms with van der Waals surface area (Å²) in [6.07, 6.45) is 2.82. The number of carbonyl (C=O) groups excluding carboxylic acids is 1. The van der Waals surface area contributed by atoms with Gasteiger partial charge >= 0.3 is 12.1 Å². The van der Waals surface area contributed by atoms with E-state index in [9.17, 15) is 10.1 Å². The van der Waals surface area contributed by atoms with Gasteiger partial charge in [0.1, 0.15) is 18.0 Å². The molecule has 2 saturated heterocycles. The number of fused-ring (bicyclic) bond motifs is 2. The molecule has 2 aromatic carbocycles. The summed E-state index contributed by atoms with van der Waals surface area (Å²) in [5, 5.41) is 12.6. The van der Waals surface area contributed by atoms with Crippen molar-refractivity contribution < 1.29 is 14.3 Å². The van der Waals surface area contributed by atoms with Crippen LogP contribution in [0.1, 0.15) is 51.3 Å². The van der Waals surface area contributed by atoms with Gasteiger partial charge in [-0.1, -0.05) is 29.8 Å². The number of carbonyl (C=O) groups is 1. The third-order valence-electron chi connectivity index (χ3n) is 9.00. The number of amides is 1. The highest BCUT2D eigenvalue weighted by atomic mass is 35.5. The van der Waals surface area contributed by atoms with Crippen LogP contribution in [-0.4, -0.2) is 89.9 Å². The molecule has 2 fully saturated rings. The summed E-state index contributed by atoms with van der Waals surface area (Å²) in [7, 11) is 2.13. The molecule has 0 saturated carbocycles. The standard InChI is InChI=1S/C34H42ClN7O3/c1-34(2,3)45-33(43)42-18-17-41(20-25(42)12-14-36)31-27-13-16-40(30-9-5-7-23-10-11-24(35)19-28(23)30)21-29(27)37-32(38-31)44-22-26-8-6-15-39(26)4/h5,7,9-11,19,25-26H,6,8,12-13,15-18,20-22H2,1-4H3/t25?,26-/m0/s1. The Hall–Kier alpha value is -3.81. The highest BCUT2D eigenvalue weighted by Gasteiger charge is 2.36. The number of likely N-dealkylation sites (tertiary alicyclic amines) is 1. The van der Waals surface area contributed by atoms with Gasteiger partial charge in [0.15, 0.2) is 0 Å². The number of piperazine rings is 1. The molecule has 0 radical (unpaired) electrons. The van der Waals surface area contributed by atoms with E-state index < -0.39 is 5.60 Å². The van der Waals surface area contributed by atoms with E-state index in [4.69, 9.17) is 31.0 Å². The van der Waals surface area contributed by atoms with E-state index in [-0.39, 0.29) is 18.6 Å². The lowest BCUT2D eigenvalue weighted by Crippen LogP contribution is -2.56. The molecule has 0 aliphatic carbocycles. The number of likely N-dealkylation sites (N-methyl/N-ethyl adjacent to an activating group) is 1. The molecule has 3 aromatic rings. The maximum Gasteiger partial charge on any atom is 0.410 e. The Kier molecular flexibility index (Phi) is 8.94. The van der Waals surface area contributed by atoms with Crippen LogP contribution in [0.4, 0.5) is 16.3 Å². The van der Waals surface area contributed by atoms with Crippen LogP contribution in [0, 0.1) is 11.3 Å². The van der Waals surface area contributed by atoms with Crippen LogP contribution in [0.25, 0.3) is 10.8 Å². The van der Waals surface area contributed by atoms with Crippen molar-refractivity contribution in [1.82, 2.24) is 19.8 Å². The predicted molar refractivity (Wildman–Crippen MR) is 176 cm³/mol. The molecule has 0 N–H and O–H groups in total. The molecule has 2 atom stereocenters. The molecule has 0 bridgehead atoms. The molecule has 238 valence electrons. The molecule has 6 rings (SSSR count). The van der Waals surface area contributed by atoms with Gasteiger partial charge in [0.05, 0.1) is 30.8 Å². The molecule has 1 aromatic heterocycles. The largest absolute Gasteiger partial charge is 0.462 e. The summed E-state index contributed by atoms with van der Waals surface area (Å²) in [6, 6.07) is 15.0. The summed E-state index contributed by atoms with van der Waals surface area (Å²) in [4.78, 5) is 31.6. The number of halogens is 1. The fourth-order valence-electron chi connectivity index (χ4n) is 6.67. The topological polar surface area (TPSA) is 98.1 Å². The Morgan fingerprint density at radius 1 is 1.09 bits per heavy atom. The second-order valence-electron chi connectivity index (χ2n) is 13.3. The van der Waals surface area contributed by atoms with E-state index in [0.717, 1.165) is 65.9 Å².